The summed E-state index contributed by atoms with van der Waals surface area (Å²) in [5.41, 5.74) is 0. The molecule has 0 atom stereocenters. The summed E-state index contributed by atoms with van der Waals surface area (Å²) in [6.45, 7) is 0. The van der Waals surface area contributed by atoms with Gasteiger partial charge in [0, 0.05) is 12.8 Å². The molecule has 0 saturated carbocycles. The Balaban J connectivity index is 3.99. The summed E-state index contributed by atoms with van der Waals surface area (Å²) in [4.78, 5) is 52.9. The number of carbonyl (C=O) groups excluding carboxylic acids is 4. The van der Waals surface area contributed by atoms with Gasteiger partial charge in [0.05, 0.1) is 0 Å². The zero-order chi connectivity index (χ0) is 18.3. The fourth-order valence-corrected chi connectivity index (χ4v) is 2.00. The van der Waals surface area contributed by atoms with Crippen molar-refractivity contribution < 1.29 is 29.4 Å². The third kappa shape index (κ3) is 9.46. The molecular formula is C14H18N4O6. The van der Waals surface area contributed by atoms with Gasteiger partial charge in [-0.1, -0.05) is 25.7 Å². The third-order valence-corrected chi connectivity index (χ3v) is 3.17. The molecule has 0 heterocycles. The third-order valence-electron chi connectivity index (χ3n) is 3.17. The van der Waals surface area contributed by atoms with Gasteiger partial charge in [0.2, 0.25) is 24.3 Å². The number of hydrogen-bond donors (Lipinski definition) is 2. The van der Waals surface area contributed by atoms with Crippen LogP contribution in [0.1, 0.15) is 51.4 Å². The Labute approximate surface area is 137 Å². The summed E-state index contributed by atoms with van der Waals surface area (Å²) in [6.07, 6.45) is 8.49. The first kappa shape index (κ1) is 21.4. The second-order valence-electron chi connectivity index (χ2n) is 4.98. The van der Waals surface area contributed by atoms with E-state index in [1.165, 1.54) is 0 Å². The van der Waals surface area contributed by atoms with Gasteiger partial charge in [0.15, 0.2) is 0 Å². The Morgan fingerprint density at radius 2 is 0.792 bits per heavy atom. The average Bonchev–Trinajstić information content (AvgIpc) is 2.51. The molecule has 0 aromatic heterocycles. The summed E-state index contributed by atoms with van der Waals surface area (Å²) >= 11 is 0. The lowest BCUT2D eigenvalue weighted by atomic mass is 10.1. The Hall–Kier alpha value is -2.56. The van der Waals surface area contributed by atoms with Crippen LogP contribution in [0.3, 0.4) is 0 Å². The maximum absolute atomic E-state index is 10.2. The fraction of sp³-hybridized carbons (Fsp3) is 0.714. The molecule has 0 bridgehead atoms. The van der Waals surface area contributed by atoms with E-state index in [0.29, 0.717) is 25.7 Å². The van der Waals surface area contributed by atoms with Crippen LogP contribution in [-0.2, 0) is 19.2 Å². The maximum atomic E-state index is 10.2. The van der Waals surface area contributed by atoms with Gasteiger partial charge >= 0.3 is 0 Å². The van der Waals surface area contributed by atoms with Crippen molar-refractivity contribution in [3.63, 3.8) is 0 Å². The predicted octanol–water partition coefficient (Wildman–Crippen LogP) is 0.743. The van der Waals surface area contributed by atoms with Crippen molar-refractivity contribution in [2.75, 3.05) is 0 Å². The minimum atomic E-state index is -2.10. The molecule has 0 spiro atoms. The summed E-state index contributed by atoms with van der Waals surface area (Å²) in [5.74, 6) is -4.20. The molecule has 0 aliphatic rings. The second-order valence-corrected chi connectivity index (χ2v) is 4.98. The van der Waals surface area contributed by atoms with E-state index in [-0.39, 0.29) is 12.8 Å². The van der Waals surface area contributed by atoms with E-state index in [2.05, 4.69) is 20.0 Å². The smallest absolute Gasteiger partial charge is 0.276 e. The van der Waals surface area contributed by atoms with E-state index in [4.69, 9.17) is 0 Å². The second kappa shape index (κ2) is 11.9. The molecule has 10 nitrogen and oxygen atoms in total. The average molecular weight is 338 g/mol. The molecule has 24 heavy (non-hydrogen) atoms. The number of isocyanates is 4. The molecule has 0 aromatic carbocycles. The zero-order valence-corrected chi connectivity index (χ0v) is 13.0. The first-order valence-electron chi connectivity index (χ1n) is 7.26. The van der Waals surface area contributed by atoms with Gasteiger partial charge in [0.1, 0.15) is 0 Å². The topological polar surface area (TPSA) is 158 Å². The monoisotopic (exact) mass is 338 g/mol. The molecule has 0 amide bonds. The molecule has 0 fully saturated rings. The van der Waals surface area contributed by atoms with Crippen molar-refractivity contribution in [2.45, 2.75) is 63.1 Å². The van der Waals surface area contributed by atoms with Crippen LogP contribution < -0.4 is 0 Å². The predicted molar refractivity (Wildman–Crippen MR) is 79.3 cm³/mol. The molecule has 0 saturated heterocycles. The van der Waals surface area contributed by atoms with E-state index in [9.17, 15) is 29.4 Å². The van der Waals surface area contributed by atoms with E-state index >= 15 is 0 Å². The molecule has 0 radical (unpaired) electrons. The van der Waals surface area contributed by atoms with E-state index in [0.717, 1.165) is 37.2 Å². The molecule has 0 aliphatic carbocycles. The molecule has 2 N–H and O–H groups in total. The highest BCUT2D eigenvalue weighted by Gasteiger charge is 2.25. The van der Waals surface area contributed by atoms with Crippen molar-refractivity contribution in [3.8, 4) is 0 Å². The van der Waals surface area contributed by atoms with E-state index in [1.54, 1.807) is 0 Å². The minimum absolute atomic E-state index is 0.000665. The molecule has 10 heteroatoms. The Kier molecular flexibility index (Phi) is 10.7. The molecule has 0 rings (SSSR count). The standard InChI is InChI=1S/C14H18N4O6/c19-9-15-13(23,16-10-20)7-5-3-1-2-4-6-8-14(24,17-11-21)18-12-22/h23-24H,1-8H2. The SMILES string of the molecule is O=C=NC(O)(CCCCCCCCC(O)(N=C=O)N=C=O)N=C=O. The molecule has 0 aliphatic heterocycles. The summed E-state index contributed by atoms with van der Waals surface area (Å²) in [6, 6.07) is 0. The van der Waals surface area contributed by atoms with Crippen LogP contribution in [-0.4, -0.2) is 46.2 Å². The Bertz CT molecular complexity index is 494. The van der Waals surface area contributed by atoms with Gasteiger partial charge in [-0.05, 0) is 12.8 Å². The van der Waals surface area contributed by atoms with Crippen LogP contribution in [0, 0.1) is 0 Å². The van der Waals surface area contributed by atoms with Crippen LogP contribution >= 0.6 is 0 Å². The highest BCUT2D eigenvalue weighted by molar-refractivity contribution is 5.38. The Morgan fingerprint density at radius 1 is 0.542 bits per heavy atom. The van der Waals surface area contributed by atoms with E-state index < -0.39 is 11.7 Å². The van der Waals surface area contributed by atoms with Gasteiger partial charge < -0.3 is 10.2 Å². The quantitative estimate of drug-likeness (QED) is 0.286. The summed E-state index contributed by atoms with van der Waals surface area (Å²) in [5, 5.41) is 19.3. The Morgan fingerprint density at radius 3 is 1.04 bits per heavy atom. The molecule has 0 unspecified atom stereocenters. The molecule has 0 aromatic rings. The fourth-order valence-electron chi connectivity index (χ4n) is 2.00. The first-order chi connectivity index (χ1) is 11.4. The maximum Gasteiger partial charge on any atom is 0.276 e. The van der Waals surface area contributed by atoms with Crippen molar-refractivity contribution in [1.29, 1.82) is 0 Å². The van der Waals surface area contributed by atoms with Crippen molar-refractivity contribution in [1.82, 2.24) is 0 Å². The highest BCUT2D eigenvalue weighted by Crippen LogP contribution is 2.20. The van der Waals surface area contributed by atoms with Crippen LogP contribution in [0.2, 0.25) is 0 Å². The van der Waals surface area contributed by atoms with Gasteiger partial charge in [-0.25, -0.2) is 19.2 Å². The number of unbranched alkanes of at least 4 members (excludes halogenated alkanes) is 5. The van der Waals surface area contributed by atoms with Crippen molar-refractivity contribution in [3.05, 3.63) is 0 Å². The summed E-state index contributed by atoms with van der Waals surface area (Å²) in [7, 11) is 0. The minimum Gasteiger partial charge on any atom is -0.350 e. The molecular weight excluding hydrogens is 320 g/mol. The van der Waals surface area contributed by atoms with Gasteiger partial charge in [-0.3, -0.25) is 0 Å². The van der Waals surface area contributed by atoms with E-state index in [1.807, 2.05) is 0 Å². The van der Waals surface area contributed by atoms with Gasteiger partial charge in [-0.2, -0.15) is 0 Å². The van der Waals surface area contributed by atoms with Crippen LogP contribution in [0.25, 0.3) is 0 Å². The van der Waals surface area contributed by atoms with Gasteiger partial charge in [0.25, 0.3) is 11.7 Å². The molecule has 130 valence electrons. The summed E-state index contributed by atoms with van der Waals surface area (Å²) < 4.78 is 0. The zero-order valence-electron chi connectivity index (χ0n) is 13.0. The lowest BCUT2D eigenvalue weighted by molar-refractivity contribution is 0.0458. The number of aliphatic imine (C=N–C) groups is 4. The number of nitrogens with zero attached hydrogens (tertiary/aromatic N) is 4. The van der Waals surface area contributed by atoms with Crippen LogP contribution in [0.15, 0.2) is 20.0 Å². The van der Waals surface area contributed by atoms with Crippen LogP contribution in [0.4, 0.5) is 0 Å². The van der Waals surface area contributed by atoms with Crippen molar-refractivity contribution >= 4 is 24.3 Å². The number of hydrogen-bond acceptors (Lipinski definition) is 10. The van der Waals surface area contributed by atoms with Crippen molar-refractivity contribution in [2.24, 2.45) is 20.0 Å². The van der Waals surface area contributed by atoms with Crippen LogP contribution in [0.5, 0.6) is 0 Å². The lowest BCUT2D eigenvalue weighted by Crippen LogP contribution is -2.22. The number of rotatable bonds is 13. The number of aliphatic hydroxyl groups is 2. The lowest BCUT2D eigenvalue weighted by Gasteiger charge is -2.14. The van der Waals surface area contributed by atoms with Gasteiger partial charge in [-0.15, -0.1) is 20.0 Å². The first-order valence-corrected chi connectivity index (χ1v) is 7.26. The largest absolute Gasteiger partial charge is 0.350 e. The highest BCUT2D eigenvalue weighted by atomic mass is 16.3. The normalized spacial score (nSPS) is 14.6.